The summed E-state index contributed by atoms with van der Waals surface area (Å²) in [5.74, 6) is 0.0658. The largest absolute Gasteiger partial charge is 0.359 e. The lowest BCUT2D eigenvalue weighted by Gasteiger charge is -2.37. The van der Waals surface area contributed by atoms with Gasteiger partial charge in [-0.15, -0.1) is 0 Å². The molecule has 25 heavy (non-hydrogen) atoms. The van der Waals surface area contributed by atoms with Gasteiger partial charge in [-0.1, -0.05) is 5.16 Å². The first-order valence-electron chi connectivity index (χ1n) is 7.96. The maximum atomic E-state index is 13.0. The zero-order chi connectivity index (χ0) is 18.0. The number of benzene rings is 1. The highest BCUT2D eigenvalue weighted by molar-refractivity contribution is 5.87. The molecular weight excluding hydrogens is 327 g/mol. The number of nitrogens with zero attached hydrogens (tertiary/aromatic N) is 3. The van der Waals surface area contributed by atoms with Crippen molar-refractivity contribution >= 4 is 11.9 Å². The second-order valence-corrected chi connectivity index (χ2v) is 5.97. The zero-order valence-corrected chi connectivity index (χ0v) is 14.0. The molecule has 0 bridgehead atoms. The third-order valence-electron chi connectivity index (χ3n) is 4.25. The van der Waals surface area contributed by atoms with E-state index in [0.717, 1.165) is 5.56 Å². The van der Waals surface area contributed by atoms with Crippen LogP contribution < -0.4 is 5.32 Å². The van der Waals surface area contributed by atoms with Crippen LogP contribution in [0.1, 0.15) is 12.7 Å². The molecule has 3 rings (SSSR count). The Hall–Kier alpha value is -2.90. The molecule has 0 unspecified atom stereocenters. The van der Waals surface area contributed by atoms with E-state index in [0.29, 0.717) is 24.5 Å². The maximum Gasteiger partial charge on any atom is 0.318 e. The number of halogens is 1. The summed E-state index contributed by atoms with van der Waals surface area (Å²) in [6.07, 6.45) is 0. The average molecular weight is 346 g/mol. The number of urea groups is 1. The molecule has 8 heteroatoms. The highest BCUT2D eigenvalue weighted by Gasteiger charge is 2.32. The van der Waals surface area contributed by atoms with Crippen LogP contribution in [-0.4, -0.2) is 53.1 Å². The molecule has 0 aliphatic carbocycles. The van der Waals surface area contributed by atoms with E-state index in [1.54, 1.807) is 37.1 Å². The maximum absolute atomic E-state index is 13.0. The van der Waals surface area contributed by atoms with Crippen LogP contribution in [0, 0.1) is 5.82 Å². The van der Waals surface area contributed by atoms with Crippen molar-refractivity contribution in [3.05, 3.63) is 41.9 Å². The van der Waals surface area contributed by atoms with E-state index in [-0.39, 0.29) is 24.3 Å². The summed E-state index contributed by atoms with van der Waals surface area (Å²) in [6, 6.07) is 6.76. The molecule has 0 saturated carbocycles. The van der Waals surface area contributed by atoms with Gasteiger partial charge < -0.3 is 19.6 Å². The van der Waals surface area contributed by atoms with Crippen molar-refractivity contribution < 1.29 is 18.5 Å². The zero-order valence-electron chi connectivity index (χ0n) is 14.0. The average Bonchev–Trinajstić information content (AvgIpc) is 3.07. The lowest BCUT2D eigenvalue weighted by molar-refractivity contribution is -0.137. The third-order valence-corrected chi connectivity index (χ3v) is 4.25. The number of rotatable bonds is 3. The van der Waals surface area contributed by atoms with Crippen molar-refractivity contribution in [1.82, 2.24) is 20.3 Å². The third kappa shape index (κ3) is 3.62. The van der Waals surface area contributed by atoms with Crippen molar-refractivity contribution in [2.24, 2.45) is 0 Å². The van der Waals surface area contributed by atoms with E-state index in [1.165, 1.54) is 17.0 Å². The molecule has 1 aliphatic rings. The number of aromatic nitrogens is 1. The SMILES string of the molecule is C[C@H]1C(=O)N(C)CCN1C(=O)NCc1cc(-c2ccc(F)cc2)no1. The minimum absolute atomic E-state index is 0.0836. The Labute approximate surface area is 144 Å². The van der Waals surface area contributed by atoms with Crippen LogP contribution in [0.15, 0.2) is 34.9 Å². The van der Waals surface area contributed by atoms with Gasteiger partial charge in [0, 0.05) is 31.8 Å². The van der Waals surface area contributed by atoms with Crippen LogP contribution in [0.2, 0.25) is 0 Å². The van der Waals surface area contributed by atoms with Crippen LogP contribution in [0.25, 0.3) is 11.3 Å². The Kier molecular flexibility index (Phi) is 4.69. The molecular formula is C17H19FN4O3. The number of piperazine rings is 1. The Morgan fingerprint density at radius 3 is 2.80 bits per heavy atom. The summed E-state index contributed by atoms with van der Waals surface area (Å²) < 4.78 is 18.2. The number of nitrogens with one attached hydrogen (secondary N) is 1. The molecule has 1 atom stereocenters. The summed E-state index contributed by atoms with van der Waals surface area (Å²) in [4.78, 5) is 27.3. The molecule has 2 aromatic rings. The molecule has 1 aliphatic heterocycles. The van der Waals surface area contributed by atoms with Gasteiger partial charge in [-0.25, -0.2) is 9.18 Å². The summed E-state index contributed by atoms with van der Waals surface area (Å²) in [5, 5.41) is 6.65. The quantitative estimate of drug-likeness (QED) is 0.920. The van der Waals surface area contributed by atoms with E-state index < -0.39 is 6.04 Å². The van der Waals surface area contributed by atoms with E-state index >= 15 is 0 Å². The number of carbonyl (C=O) groups excluding carboxylic acids is 2. The number of hydrogen-bond acceptors (Lipinski definition) is 4. The predicted octanol–water partition coefficient (Wildman–Crippen LogP) is 1.85. The topological polar surface area (TPSA) is 78.7 Å². The van der Waals surface area contributed by atoms with Gasteiger partial charge >= 0.3 is 6.03 Å². The summed E-state index contributed by atoms with van der Waals surface area (Å²) in [7, 11) is 1.72. The molecule has 0 spiro atoms. The summed E-state index contributed by atoms with van der Waals surface area (Å²) >= 11 is 0. The first kappa shape index (κ1) is 16.9. The van der Waals surface area contributed by atoms with Gasteiger partial charge in [0.2, 0.25) is 5.91 Å². The van der Waals surface area contributed by atoms with Gasteiger partial charge in [-0.3, -0.25) is 4.79 Å². The van der Waals surface area contributed by atoms with Crippen molar-refractivity contribution in [1.29, 1.82) is 0 Å². The summed E-state index contributed by atoms with van der Waals surface area (Å²) in [5.41, 5.74) is 1.29. The second kappa shape index (κ2) is 6.92. The van der Waals surface area contributed by atoms with Crippen LogP contribution in [0.3, 0.4) is 0 Å². The van der Waals surface area contributed by atoms with Crippen LogP contribution >= 0.6 is 0 Å². The predicted molar refractivity (Wildman–Crippen MR) is 87.9 cm³/mol. The van der Waals surface area contributed by atoms with Crippen molar-refractivity contribution in [3.8, 4) is 11.3 Å². The molecule has 132 valence electrons. The highest BCUT2D eigenvalue weighted by Crippen LogP contribution is 2.19. The fourth-order valence-electron chi connectivity index (χ4n) is 2.71. The van der Waals surface area contributed by atoms with Gasteiger partial charge in [-0.05, 0) is 31.2 Å². The molecule has 1 saturated heterocycles. The fraction of sp³-hybridized carbons (Fsp3) is 0.353. The Balaban J connectivity index is 1.59. The van der Waals surface area contributed by atoms with Gasteiger partial charge in [0.1, 0.15) is 17.6 Å². The number of carbonyl (C=O) groups is 2. The minimum atomic E-state index is -0.497. The minimum Gasteiger partial charge on any atom is -0.359 e. The monoisotopic (exact) mass is 346 g/mol. The van der Waals surface area contributed by atoms with E-state index in [9.17, 15) is 14.0 Å². The lowest BCUT2D eigenvalue weighted by atomic mass is 10.1. The van der Waals surface area contributed by atoms with Crippen molar-refractivity contribution in [2.75, 3.05) is 20.1 Å². The van der Waals surface area contributed by atoms with Gasteiger partial charge in [-0.2, -0.15) is 0 Å². The van der Waals surface area contributed by atoms with Gasteiger partial charge in [0.25, 0.3) is 0 Å². The molecule has 3 amide bonds. The van der Waals surface area contributed by atoms with Gasteiger partial charge in [0.15, 0.2) is 5.76 Å². The number of amides is 3. The molecule has 7 nitrogen and oxygen atoms in total. The highest BCUT2D eigenvalue weighted by atomic mass is 19.1. The van der Waals surface area contributed by atoms with Crippen molar-refractivity contribution in [3.63, 3.8) is 0 Å². The number of likely N-dealkylation sites (N-methyl/N-ethyl adjacent to an activating group) is 1. The summed E-state index contributed by atoms with van der Waals surface area (Å²) in [6.45, 7) is 2.85. The standard InChI is InChI=1S/C17H19FN4O3/c1-11-16(23)21(2)7-8-22(11)17(24)19-10-14-9-15(20-25-14)12-3-5-13(18)6-4-12/h3-6,9,11H,7-8,10H2,1-2H3,(H,19,24)/t11-/m0/s1. The normalized spacial score (nSPS) is 17.7. The fourth-order valence-corrected chi connectivity index (χ4v) is 2.71. The number of hydrogen-bond donors (Lipinski definition) is 1. The molecule has 1 N–H and O–H groups in total. The first-order valence-corrected chi connectivity index (χ1v) is 7.96. The van der Waals surface area contributed by atoms with Crippen LogP contribution in [0.4, 0.5) is 9.18 Å². The second-order valence-electron chi connectivity index (χ2n) is 5.97. The van der Waals surface area contributed by atoms with E-state index in [2.05, 4.69) is 10.5 Å². The molecule has 1 fully saturated rings. The molecule has 1 aromatic heterocycles. The first-order chi connectivity index (χ1) is 12.0. The lowest BCUT2D eigenvalue weighted by Crippen LogP contribution is -2.58. The Morgan fingerprint density at radius 2 is 2.08 bits per heavy atom. The smallest absolute Gasteiger partial charge is 0.318 e. The molecule has 0 radical (unpaired) electrons. The Morgan fingerprint density at radius 1 is 1.36 bits per heavy atom. The molecule has 2 heterocycles. The molecule has 1 aromatic carbocycles. The van der Waals surface area contributed by atoms with E-state index in [1.807, 2.05) is 0 Å². The van der Waals surface area contributed by atoms with Crippen LogP contribution in [-0.2, 0) is 11.3 Å². The van der Waals surface area contributed by atoms with Crippen LogP contribution in [0.5, 0.6) is 0 Å². The Bertz CT molecular complexity index is 774. The van der Waals surface area contributed by atoms with E-state index in [4.69, 9.17) is 4.52 Å². The van der Waals surface area contributed by atoms with Gasteiger partial charge in [0.05, 0.1) is 6.54 Å². The van der Waals surface area contributed by atoms with Crippen molar-refractivity contribution in [2.45, 2.75) is 19.5 Å².